The van der Waals surface area contributed by atoms with E-state index in [0.717, 1.165) is 0 Å². The zero-order chi connectivity index (χ0) is 46.4. The zero-order valence-electron chi connectivity index (χ0n) is 43.9. The van der Waals surface area contributed by atoms with Crippen LogP contribution in [0.3, 0.4) is 0 Å². The fourth-order valence-electron chi connectivity index (χ4n) is 5.17. The molecule has 0 aromatic heterocycles. The van der Waals surface area contributed by atoms with E-state index in [1.165, 1.54) is 64.2 Å². The molecular formula is C45H98AlNi2O13Si3. The Labute approximate surface area is 424 Å². The van der Waals surface area contributed by atoms with Crippen molar-refractivity contribution >= 4 is 42.3 Å². The van der Waals surface area contributed by atoms with Gasteiger partial charge in [0.15, 0.2) is 0 Å². The first-order valence-electron chi connectivity index (χ1n) is 22.7. The summed E-state index contributed by atoms with van der Waals surface area (Å²) < 4.78 is 63.8. The molecule has 391 valence electrons. The molecule has 13 nitrogen and oxygen atoms in total. The van der Waals surface area contributed by atoms with Gasteiger partial charge in [-0.15, -0.1) is 0 Å². The van der Waals surface area contributed by atoms with Crippen LogP contribution < -0.4 is 0 Å². The van der Waals surface area contributed by atoms with E-state index < -0.39 is 42.3 Å². The van der Waals surface area contributed by atoms with Gasteiger partial charge in [-0.25, -0.2) is 0 Å². The summed E-state index contributed by atoms with van der Waals surface area (Å²) in [6.07, 6.45) is 25.2. The van der Waals surface area contributed by atoms with Crippen LogP contribution in [0.5, 0.6) is 0 Å². The molecule has 0 aromatic rings. The van der Waals surface area contributed by atoms with Crippen LogP contribution in [0, 0.1) is 27.7 Å². The maximum absolute atomic E-state index is 11.2. The van der Waals surface area contributed by atoms with Gasteiger partial charge in [-0.2, -0.15) is 25.7 Å². The SMILES string of the molecule is C1=C\CCC[CH-]CC/1.C1=C\CCC[CH-]CC/1.CC(C)O[Si]([OH2+])(OC(C)C)OC(C)C.CC(C)[O][Al-]([O]C(C)C)[O][Si](OC(C)C)(OC(C)C)O[Si](O)(OC(C)C)OC(C)C.[CH3-].[CH3-].[Ni+2].[Ni+2]. The van der Waals surface area contributed by atoms with Crippen LogP contribution in [0.25, 0.3) is 0 Å². The molecule has 0 heterocycles. The Morgan fingerprint density at radius 1 is 0.453 bits per heavy atom. The Kier molecular flexibility index (Phi) is 52.8. The maximum Gasteiger partial charge on any atom is 2.00 e. The summed E-state index contributed by atoms with van der Waals surface area (Å²) in [5.74, 6) is 0. The van der Waals surface area contributed by atoms with E-state index in [0.29, 0.717) is 0 Å². The molecule has 1 radical (unpaired) electrons. The second kappa shape index (κ2) is 44.1. The van der Waals surface area contributed by atoms with Crippen LogP contribution in [0.4, 0.5) is 0 Å². The van der Waals surface area contributed by atoms with E-state index in [9.17, 15) is 4.80 Å². The van der Waals surface area contributed by atoms with Gasteiger partial charge in [0.2, 0.25) is 0 Å². The molecule has 64 heavy (non-hydrogen) atoms. The molecule has 0 aliphatic heterocycles. The van der Waals surface area contributed by atoms with Gasteiger partial charge in [0.05, 0.1) is 18.3 Å². The third kappa shape index (κ3) is 48.2. The molecule has 0 aromatic carbocycles. The number of hydrogen-bond acceptors (Lipinski definition) is 12. The van der Waals surface area contributed by atoms with E-state index in [4.69, 9.17) is 50.9 Å². The summed E-state index contributed by atoms with van der Waals surface area (Å²) in [5, 5.41) is 0. The van der Waals surface area contributed by atoms with Gasteiger partial charge < -0.3 is 83.4 Å². The van der Waals surface area contributed by atoms with Gasteiger partial charge in [0.1, 0.15) is 0 Å². The van der Waals surface area contributed by atoms with Gasteiger partial charge in [0.25, 0.3) is 0 Å². The summed E-state index contributed by atoms with van der Waals surface area (Å²) in [4.78, 5) is 19.2. The van der Waals surface area contributed by atoms with Crippen LogP contribution in [-0.4, -0.2) is 107 Å². The van der Waals surface area contributed by atoms with Crippen molar-refractivity contribution in [2.45, 2.75) is 244 Å². The van der Waals surface area contributed by atoms with Crippen molar-refractivity contribution in [3.8, 4) is 0 Å². The van der Waals surface area contributed by atoms with Crippen molar-refractivity contribution in [1.29, 1.82) is 0 Å². The molecule has 0 atom stereocenters. The Balaban J connectivity index is -0.000000203. The van der Waals surface area contributed by atoms with Gasteiger partial charge in [-0.05, 0) is 150 Å². The molecule has 0 saturated carbocycles. The molecule has 0 spiro atoms. The average Bonchev–Trinajstić information content (AvgIpc) is 2.97. The summed E-state index contributed by atoms with van der Waals surface area (Å²) in [7, 11) is -11.4. The Hall–Kier alpha value is 1.13. The van der Waals surface area contributed by atoms with Crippen molar-refractivity contribution in [1.82, 2.24) is 0 Å². The van der Waals surface area contributed by atoms with Gasteiger partial charge in [-0.3, -0.25) is 0 Å². The Morgan fingerprint density at radius 3 is 1.03 bits per heavy atom. The number of allylic oxidation sites excluding steroid dienone is 4. The van der Waals surface area contributed by atoms with E-state index in [1.54, 1.807) is 27.7 Å². The first-order valence-corrected chi connectivity index (χ1v) is 29.1. The van der Waals surface area contributed by atoms with Gasteiger partial charge in [-0.1, -0.05) is 50.0 Å². The Morgan fingerprint density at radius 2 is 0.750 bits per heavy atom. The van der Waals surface area contributed by atoms with E-state index in [2.05, 4.69) is 37.1 Å². The third-order valence-corrected chi connectivity index (χ3v) is 17.8. The van der Waals surface area contributed by atoms with Gasteiger partial charge in [0, 0.05) is 24.4 Å². The molecule has 19 heteroatoms. The van der Waals surface area contributed by atoms with Crippen molar-refractivity contribution in [3.05, 3.63) is 52.0 Å². The van der Waals surface area contributed by atoms with Crippen LogP contribution >= 0.6 is 0 Å². The second-order valence-corrected chi connectivity index (χ2v) is 24.9. The minimum atomic E-state index is -4.19. The third-order valence-electron chi connectivity index (χ3n) is 6.93. The molecule has 0 amide bonds. The van der Waals surface area contributed by atoms with E-state index in [1.807, 2.05) is 96.9 Å². The number of hydrogen-bond donors (Lipinski definition) is 1. The van der Waals surface area contributed by atoms with Crippen LogP contribution in [-0.2, 0) is 79.1 Å². The molecule has 0 unspecified atom stereocenters. The minimum Gasteiger partial charge on any atom is -0.632 e. The van der Waals surface area contributed by atoms with Crippen molar-refractivity contribution in [2.75, 3.05) is 0 Å². The van der Waals surface area contributed by atoms with Crippen LogP contribution in [0.15, 0.2) is 24.3 Å². The van der Waals surface area contributed by atoms with E-state index >= 15 is 0 Å². The quantitative estimate of drug-likeness (QED) is 0.0477. The molecule has 0 bridgehead atoms. The molecule has 0 fully saturated rings. The molecule has 2 rings (SSSR count). The summed E-state index contributed by atoms with van der Waals surface area (Å²) >= 11 is -2.77. The summed E-state index contributed by atoms with van der Waals surface area (Å²) in [5.41, 5.74) is 0. The fourth-order valence-corrected chi connectivity index (χ4v) is 15.1. The van der Waals surface area contributed by atoms with Crippen molar-refractivity contribution < 1.29 is 88.7 Å². The predicted octanol–water partition coefficient (Wildman–Crippen LogP) is 11.2. The molecule has 3 N–H and O–H groups in total. The number of rotatable bonds is 22. The summed E-state index contributed by atoms with van der Waals surface area (Å²) in [6.45, 7) is 33.3. The molecule has 2 aliphatic carbocycles. The second-order valence-electron chi connectivity index (χ2n) is 17.2. The van der Waals surface area contributed by atoms with Gasteiger partial charge >= 0.3 is 75.3 Å². The van der Waals surface area contributed by atoms with Crippen molar-refractivity contribution in [2.24, 2.45) is 0 Å². The van der Waals surface area contributed by atoms with Crippen LogP contribution in [0.2, 0.25) is 0 Å². The molecule has 2 aliphatic rings. The zero-order valence-corrected chi connectivity index (χ0v) is 50.0. The van der Waals surface area contributed by atoms with E-state index in [-0.39, 0.29) is 103 Å². The van der Waals surface area contributed by atoms with Crippen LogP contribution in [0.1, 0.15) is 189 Å². The first-order chi connectivity index (χ1) is 27.8. The van der Waals surface area contributed by atoms with Crippen molar-refractivity contribution in [3.63, 3.8) is 0 Å². The minimum absolute atomic E-state index is 0. The topological polar surface area (TPSA) is 145 Å². The normalized spacial score (nSPS) is 16.0. The largest absolute Gasteiger partial charge is 2.00 e. The fraction of sp³-hybridized carbons (Fsp3) is 0.822. The summed E-state index contributed by atoms with van der Waals surface area (Å²) in [6, 6.07) is 0. The first kappa shape index (κ1) is 76.6. The Bertz CT molecular complexity index is 979. The standard InChI is InChI=1S/C12H29O7Si2.C9H22O4Si.2C8H13.2C3H7O.2CH3.Al.2Ni/c1-9(2)15-20(13,16-10(3)4)19-21(14,17-11(5)6)18-12(7)8;1-7(2)11-14(10,12-8(3)4)13-9(5)6;2*1-2-4-6-8-7-5-3-1;2*1-3(2)4;;;;;/h9-13H,1-8H3;7-10H,1-6H3;2*1-2,7H,3-6,8H2;2*3H,1-2H3;2*1H3;;;/q-1;;6*-1;3*+2/p+1/b;;2*2-1-;;;;;;;. The monoisotopic (exact) mass is 1070 g/mol. The average molecular weight is 1080 g/mol. The molecular weight excluding hydrogens is 977 g/mol. The predicted molar refractivity (Wildman–Crippen MR) is 263 cm³/mol. The maximum atomic E-state index is 11.2. The smallest absolute Gasteiger partial charge is 0.632 e. The molecule has 0 saturated heterocycles.